The van der Waals surface area contributed by atoms with Crippen molar-refractivity contribution < 1.29 is 9.59 Å². The molecule has 0 aromatic heterocycles. The predicted molar refractivity (Wildman–Crippen MR) is 133 cm³/mol. The van der Waals surface area contributed by atoms with Crippen LogP contribution in [0.5, 0.6) is 0 Å². The van der Waals surface area contributed by atoms with Crippen molar-refractivity contribution in [1.82, 2.24) is 9.80 Å². The third kappa shape index (κ3) is 6.74. The number of amides is 2. The summed E-state index contributed by atoms with van der Waals surface area (Å²) in [5.74, 6) is 1.31. The van der Waals surface area contributed by atoms with Gasteiger partial charge >= 0.3 is 0 Å². The van der Waals surface area contributed by atoms with E-state index in [0.29, 0.717) is 43.3 Å². The Morgan fingerprint density at radius 1 is 1.03 bits per heavy atom. The smallest absolute Gasteiger partial charge is 0.254 e. The molecule has 4 nitrogen and oxygen atoms in total. The van der Waals surface area contributed by atoms with E-state index < -0.39 is 6.04 Å². The number of benzene rings is 1. The number of rotatable bonds is 10. The molecular formula is C26H42N2O2S. The van der Waals surface area contributed by atoms with E-state index in [2.05, 4.69) is 38.6 Å². The molecule has 0 aliphatic heterocycles. The number of thiol groups is 1. The van der Waals surface area contributed by atoms with Crippen LogP contribution in [-0.2, 0) is 4.79 Å². The zero-order valence-electron chi connectivity index (χ0n) is 20.2. The van der Waals surface area contributed by atoms with Crippen molar-refractivity contribution in [2.75, 3.05) is 25.4 Å². The number of hydrogen-bond acceptors (Lipinski definition) is 3. The molecule has 1 aliphatic rings. The molecule has 0 N–H and O–H groups in total. The lowest BCUT2D eigenvalue weighted by atomic mass is 9.84. The average molecular weight is 447 g/mol. The van der Waals surface area contributed by atoms with Gasteiger partial charge in [0, 0.05) is 25.2 Å². The third-order valence-electron chi connectivity index (χ3n) is 6.62. The van der Waals surface area contributed by atoms with E-state index >= 15 is 0 Å². The number of carbonyl (C=O) groups is 2. The van der Waals surface area contributed by atoms with E-state index in [9.17, 15) is 9.59 Å². The standard InChI is InChI=1S/C26H42N2O2S/c1-6-23(25(30)27(7-2)18-26(4,5)19-31)28(8-3)24(29)22-16-14-21(15-17-22)20-12-10-9-11-13-20/h14-17,20,23,31H,6-13,18-19H2,1-5H3/t23-/m1/s1. The van der Waals surface area contributed by atoms with Crippen molar-refractivity contribution in [3.05, 3.63) is 35.4 Å². The van der Waals surface area contributed by atoms with Crippen LogP contribution in [0, 0.1) is 5.41 Å². The summed E-state index contributed by atoms with van der Waals surface area (Å²) in [6, 6.07) is 7.70. The normalized spacial score (nSPS) is 16.1. The lowest BCUT2D eigenvalue weighted by Gasteiger charge is -2.37. The van der Waals surface area contributed by atoms with Gasteiger partial charge in [-0.3, -0.25) is 9.59 Å². The molecule has 1 atom stereocenters. The first-order chi connectivity index (χ1) is 14.8. The molecule has 1 aliphatic carbocycles. The van der Waals surface area contributed by atoms with E-state index in [4.69, 9.17) is 0 Å². The van der Waals surface area contributed by atoms with E-state index in [0.717, 1.165) is 0 Å². The summed E-state index contributed by atoms with van der Waals surface area (Å²) < 4.78 is 0. The topological polar surface area (TPSA) is 40.6 Å². The van der Waals surface area contributed by atoms with Gasteiger partial charge in [-0.1, -0.05) is 52.2 Å². The van der Waals surface area contributed by atoms with Gasteiger partial charge in [0.05, 0.1) is 0 Å². The summed E-state index contributed by atoms with van der Waals surface area (Å²) in [4.78, 5) is 30.4. The minimum atomic E-state index is -0.439. The molecule has 31 heavy (non-hydrogen) atoms. The van der Waals surface area contributed by atoms with Crippen LogP contribution in [0.2, 0.25) is 0 Å². The Morgan fingerprint density at radius 2 is 1.65 bits per heavy atom. The Labute approximate surface area is 195 Å². The molecule has 0 bridgehead atoms. The van der Waals surface area contributed by atoms with Crippen LogP contribution in [-0.4, -0.2) is 53.0 Å². The highest BCUT2D eigenvalue weighted by atomic mass is 32.1. The summed E-state index contributed by atoms with van der Waals surface area (Å²) in [6.07, 6.45) is 7.04. The molecule has 1 aromatic carbocycles. The number of hydrogen-bond donors (Lipinski definition) is 1. The average Bonchev–Trinajstić information content (AvgIpc) is 2.80. The fraction of sp³-hybridized carbons (Fsp3) is 0.692. The van der Waals surface area contributed by atoms with Gasteiger partial charge in [-0.05, 0) is 67.9 Å². The fourth-order valence-corrected chi connectivity index (χ4v) is 4.76. The van der Waals surface area contributed by atoms with Gasteiger partial charge in [0.15, 0.2) is 0 Å². The summed E-state index contributed by atoms with van der Waals surface area (Å²) >= 11 is 4.44. The lowest BCUT2D eigenvalue weighted by Crippen LogP contribution is -2.52. The van der Waals surface area contributed by atoms with Gasteiger partial charge < -0.3 is 9.80 Å². The Bertz CT molecular complexity index is 711. The second-order valence-corrected chi connectivity index (χ2v) is 9.96. The molecule has 5 heteroatoms. The van der Waals surface area contributed by atoms with E-state index in [1.807, 2.05) is 37.8 Å². The maximum absolute atomic E-state index is 13.4. The monoisotopic (exact) mass is 446 g/mol. The zero-order chi connectivity index (χ0) is 23.0. The maximum atomic E-state index is 13.4. The van der Waals surface area contributed by atoms with E-state index in [-0.39, 0.29) is 17.2 Å². The number of carbonyl (C=O) groups excluding carboxylic acids is 2. The van der Waals surface area contributed by atoms with Gasteiger partial charge in [0.25, 0.3) is 5.91 Å². The van der Waals surface area contributed by atoms with Crippen molar-refractivity contribution in [3.8, 4) is 0 Å². The molecule has 0 heterocycles. The number of nitrogens with zero attached hydrogens (tertiary/aromatic N) is 2. The molecule has 1 aromatic rings. The van der Waals surface area contributed by atoms with Crippen molar-refractivity contribution in [1.29, 1.82) is 0 Å². The highest BCUT2D eigenvalue weighted by molar-refractivity contribution is 7.80. The molecule has 0 spiro atoms. The van der Waals surface area contributed by atoms with E-state index in [1.54, 1.807) is 4.90 Å². The van der Waals surface area contributed by atoms with Crippen molar-refractivity contribution in [3.63, 3.8) is 0 Å². The Hall–Kier alpha value is -1.49. The summed E-state index contributed by atoms with van der Waals surface area (Å²) in [5, 5.41) is 0. The molecular weight excluding hydrogens is 404 g/mol. The Kier molecular flexibility index (Phi) is 9.92. The molecule has 2 amide bonds. The largest absolute Gasteiger partial charge is 0.341 e. The summed E-state index contributed by atoms with van der Waals surface area (Å²) in [7, 11) is 0. The lowest BCUT2D eigenvalue weighted by molar-refractivity contribution is -0.137. The highest BCUT2D eigenvalue weighted by Crippen LogP contribution is 2.32. The Balaban J connectivity index is 2.17. The Morgan fingerprint density at radius 3 is 2.13 bits per heavy atom. The second-order valence-electron chi connectivity index (χ2n) is 9.65. The van der Waals surface area contributed by atoms with Crippen LogP contribution in [0.1, 0.15) is 95.0 Å². The molecule has 0 saturated heterocycles. The first-order valence-corrected chi connectivity index (χ1v) is 12.7. The van der Waals surface area contributed by atoms with Crippen LogP contribution in [0.4, 0.5) is 0 Å². The van der Waals surface area contributed by atoms with Gasteiger partial charge in [-0.15, -0.1) is 0 Å². The van der Waals surface area contributed by atoms with Gasteiger partial charge in [-0.2, -0.15) is 12.6 Å². The molecule has 1 saturated carbocycles. The second kappa shape index (κ2) is 11.9. The first-order valence-electron chi connectivity index (χ1n) is 12.1. The molecule has 0 radical (unpaired) electrons. The summed E-state index contributed by atoms with van der Waals surface area (Å²) in [5.41, 5.74) is 1.95. The van der Waals surface area contributed by atoms with E-state index in [1.165, 1.54) is 37.7 Å². The number of likely N-dealkylation sites (N-methyl/N-ethyl adjacent to an activating group) is 2. The van der Waals surface area contributed by atoms with Crippen LogP contribution in [0.15, 0.2) is 24.3 Å². The highest BCUT2D eigenvalue weighted by Gasteiger charge is 2.33. The van der Waals surface area contributed by atoms with Gasteiger partial charge in [0.2, 0.25) is 5.91 Å². The quantitative estimate of drug-likeness (QED) is 0.463. The first kappa shape index (κ1) is 25.8. The van der Waals surface area contributed by atoms with Crippen LogP contribution >= 0.6 is 12.6 Å². The molecule has 1 fully saturated rings. The maximum Gasteiger partial charge on any atom is 0.254 e. The fourth-order valence-electron chi connectivity index (χ4n) is 4.66. The van der Waals surface area contributed by atoms with Crippen LogP contribution in [0.3, 0.4) is 0 Å². The van der Waals surface area contributed by atoms with Crippen LogP contribution in [0.25, 0.3) is 0 Å². The minimum Gasteiger partial charge on any atom is -0.341 e. The predicted octanol–water partition coefficient (Wildman–Crippen LogP) is 5.78. The molecule has 0 unspecified atom stereocenters. The van der Waals surface area contributed by atoms with Crippen LogP contribution < -0.4 is 0 Å². The molecule has 2 rings (SSSR count). The van der Waals surface area contributed by atoms with Crippen molar-refractivity contribution in [2.24, 2.45) is 5.41 Å². The third-order valence-corrected chi connectivity index (χ3v) is 7.48. The van der Waals surface area contributed by atoms with Crippen molar-refractivity contribution in [2.45, 2.75) is 85.1 Å². The minimum absolute atomic E-state index is 0.0360. The summed E-state index contributed by atoms with van der Waals surface area (Å²) in [6.45, 7) is 12.0. The van der Waals surface area contributed by atoms with Gasteiger partial charge in [0.1, 0.15) is 6.04 Å². The van der Waals surface area contributed by atoms with Crippen molar-refractivity contribution >= 4 is 24.4 Å². The zero-order valence-corrected chi connectivity index (χ0v) is 21.1. The van der Waals surface area contributed by atoms with Gasteiger partial charge in [-0.25, -0.2) is 0 Å². The molecule has 174 valence electrons. The SMILES string of the molecule is CC[C@H](C(=O)N(CC)CC(C)(C)CS)N(CC)C(=O)c1ccc(C2CCCCC2)cc1.